The first-order chi connectivity index (χ1) is 12.6. The third-order valence-electron chi connectivity index (χ3n) is 3.92. The molecule has 0 aliphatic carbocycles. The molecule has 1 aliphatic heterocycles. The quantitative estimate of drug-likeness (QED) is 0.497. The van der Waals surface area contributed by atoms with Crippen LogP contribution in [0.5, 0.6) is 0 Å². The van der Waals surface area contributed by atoms with Crippen molar-refractivity contribution in [3.05, 3.63) is 52.3 Å². The minimum absolute atomic E-state index is 0.00317. The number of fused-ring (bicyclic) bond motifs is 1. The molecule has 26 heavy (non-hydrogen) atoms. The van der Waals surface area contributed by atoms with Gasteiger partial charge in [-0.1, -0.05) is 16.9 Å². The summed E-state index contributed by atoms with van der Waals surface area (Å²) < 4.78 is 17.2. The van der Waals surface area contributed by atoms with E-state index in [0.717, 1.165) is 0 Å². The van der Waals surface area contributed by atoms with Gasteiger partial charge < -0.3 is 13.7 Å². The van der Waals surface area contributed by atoms with Gasteiger partial charge in [0.15, 0.2) is 10.9 Å². The lowest BCUT2D eigenvalue weighted by molar-refractivity contribution is -0.145. The number of furan rings is 1. The molecule has 0 fully saturated rings. The number of carbonyl (C=O) groups is 1. The van der Waals surface area contributed by atoms with Gasteiger partial charge in [-0.2, -0.15) is 0 Å². The molecule has 0 spiro atoms. The van der Waals surface area contributed by atoms with Gasteiger partial charge in [-0.05, 0) is 19.1 Å². The molecule has 0 aromatic carbocycles. The first-order valence-electron chi connectivity index (χ1n) is 7.98. The number of hydrogen-bond acceptors (Lipinski definition) is 8. The van der Waals surface area contributed by atoms with Gasteiger partial charge in [-0.25, -0.2) is 4.98 Å². The number of ether oxygens (including phenoxy) is 1. The minimum atomic E-state index is -0.404. The number of thioether (sulfide) groups is 1. The molecule has 1 aliphatic rings. The van der Waals surface area contributed by atoms with E-state index in [-0.39, 0.29) is 24.6 Å². The number of nitrogens with zero attached hydrogens (tertiary/aromatic N) is 3. The van der Waals surface area contributed by atoms with E-state index in [9.17, 15) is 9.59 Å². The fourth-order valence-electron chi connectivity index (χ4n) is 2.73. The lowest BCUT2D eigenvalue weighted by Gasteiger charge is -2.12. The molecule has 0 saturated heterocycles. The van der Waals surface area contributed by atoms with E-state index in [2.05, 4.69) is 10.1 Å². The second-order valence-electron chi connectivity index (χ2n) is 5.88. The van der Waals surface area contributed by atoms with Gasteiger partial charge in [-0.15, -0.1) is 0 Å². The maximum Gasteiger partial charge on any atom is 0.308 e. The summed E-state index contributed by atoms with van der Waals surface area (Å²) in [4.78, 5) is 28.6. The molecule has 8 nitrogen and oxygen atoms in total. The van der Waals surface area contributed by atoms with Crippen LogP contribution < -0.4 is 5.56 Å². The van der Waals surface area contributed by atoms with Gasteiger partial charge in [0.1, 0.15) is 12.3 Å². The SMILES string of the molecule is Cc1cc(=O)n2c(n1)SCC2CC(=O)OCc1cc(-c2ccco2)on1. The van der Waals surface area contributed by atoms with Gasteiger partial charge in [0, 0.05) is 23.6 Å². The van der Waals surface area contributed by atoms with Crippen molar-refractivity contribution < 1.29 is 18.5 Å². The fraction of sp³-hybridized carbons (Fsp3) is 0.294. The highest BCUT2D eigenvalue weighted by Gasteiger charge is 2.28. The Morgan fingerprint density at radius 2 is 2.31 bits per heavy atom. The van der Waals surface area contributed by atoms with Crippen LogP contribution in [-0.4, -0.2) is 26.4 Å². The van der Waals surface area contributed by atoms with Gasteiger partial charge in [0.05, 0.1) is 18.7 Å². The average Bonchev–Trinajstić information content (AvgIpc) is 3.33. The van der Waals surface area contributed by atoms with E-state index in [1.165, 1.54) is 24.1 Å². The van der Waals surface area contributed by atoms with Crippen LogP contribution in [0, 0.1) is 6.92 Å². The van der Waals surface area contributed by atoms with Crippen LogP contribution in [0.1, 0.15) is 23.9 Å². The Morgan fingerprint density at radius 1 is 1.42 bits per heavy atom. The van der Waals surface area contributed by atoms with Crippen molar-refractivity contribution >= 4 is 17.7 Å². The summed E-state index contributed by atoms with van der Waals surface area (Å²) >= 11 is 1.47. The molecular weight excluding hydrogens is 358 g/mol. The molecule has 9 heteroatoms. The van der Waals surface area contributed by atoms with Crippen molar-refractivity contribution in [1.82, 2.24) is 14.7 Å². The predicted molar refractivity (Wildman–Crippen MR) is 91.6 cm³/mol. The molecule has 1 atom stereocenters. The van der Waals surface area contributed by atoms with Crippen LogP contribution in [0.4, 0.5) is 0 Å². The van der Waals surface area contributed by atoms with E-state index in [1.807, 2.05) is 0 Å². The second-order valence-corrected chi connectivity index (χ2v) is 6.86. The lowest BCUT2D eigenvalue weighted by Crippen LogP contribution is -2.26. The van der Waals surface area contributed by atoms with Gasteiger partial charge in [0.2, 0.25) is 5.76 Å². The van der Waals surface area contributed by atoms with Crippen LogP contribution in [0.25, 0.3) is 11.5 Å². The first kappa shape index (κ1) is 16.6. The van der Waals surface area contributed by atoms with Crippen molar-refractivity contribution in [3.8, 4) is 11.5 Å². The third kappa shape index (κ3) is 3.30. The average molecular weight is 373 g/mol. The topological polar surface area (TPSA) is 100 Å². The molecule has 0 amide bonds. The molecule has 4 heterocycles. The summed E-state index contributed by atoms with van der Waals surface area (Å²) in [5, 5.41) is 4.50. The van der Waals surface area contributed by atoms with Crippen molar-refractivity contribution in [1.29, 1.82) is 0 Å². The molecule has 0 N–H and O–H groups in total. The van der Waals surface area contributed by atoms with E-state index in [0.29, 0.717) is 33.8 Å². The van der Waals surface area contributed by atoms with Crippen molar-refractivity contribution in [2.75, 3.05) is 5.75 Å². The van der Waals surface area contributed by atoms with E-state index in [1.54, 1.807) is 29.7 Å². The molecular formula is C17H15N3O5S. The zero-order valence-corrected chi connectivity index (χ0v) is 14.7. The maximum absolute atomic E-state index is 12.2. The Hall–Kier alpha value is -2.81. The summed E-state index contributed by atoms with van der Waals surface area (Å²) in [5.74, 6) is 1.23. The highest BCUT2D eigenvalue weighted by Crippen LogP contribution is 2.32. The number of hydrogen-bond donors (Lipinski definition) is 0. The Balaban J connectivity index is 1.37. The van der Waals surface area contributed by atoms with Gasteiger partial charge in [-0.3, -0.25) is 14.2 Å². The third-order valence-corrected chi connectivity index (χ3v) is 5.02. The van der Waals surface area contributed by atoms with E-state index >= 15 is 0 Å². The largest absolute Gasteiger partial charge is 0.461 e. The van der Waals surface area contributed by atoms with Gasteiger partial charge >= 0.3 is 5.97 Å². The Morgan fingerprint density at radius 3 is 3.12 bits per heavy atom. The second kappa shape index (κ2) is 6.83. The summed E-state index contributed by atoms with van der Waals surface area (Å²) in [6.45, 7) is 1.77. The highest BCUT2D eigenvalue weighted by molar-refractivity contribution is 7.99. The van der Waals surface area contributed by atoms with E-state index in [4.69, 9.17) is 13.7 Å². The molecule has 134 valence electrons. The number of carbonyl (C=O) groups excluding carboxylic acids is 1. The molecule has 1 unspecified atom stereocenters. The van der Waals surface area contributed by atoms with Crippen molar-refractivity contribution in [2.24, 2.45) is 0 Å². The molecule has 4 rings (SSSR count). The zero-order chi connectivity index (χ0) is 18.1. The van der Waals surface area contributed by atoms with Crippen LogP contribution >= 0.6 is 11.8 Å². The number of aryl methyl sites for hydroxylation is 1. The summed E-state index contributed by atoms with van der Waals surface area (Å²) in [5.41, 5.74) is 1.02. The summed E-state index contributed by atoms with van der Waals surface area (Å²) in [7, 11) is 0. The van der Waals surface area contributed by atoms with Crippen LogP contribution in [0.2, 0.25) is 0 Å². The lowest BCUT2D eigenvalue weighted by atomic mass is 10.2. The predicted octanol–water partition coefficient (Wildman–Crippen LogP) is 2.58. The number of esters is 1. The van der Waals surface area contributed by atoms with E-state index < -0.39 is 5.97 Å². The Kier molecular flexibility index (Phi) is 4.37. The van der Waals surface area contributed by atoms with Crippen molar-refractivity contribution in [3.63, 3.8) is 0 Å². The fourth-order valence-corrected chi connectivity index (χ4v) is 3.93. The monoisotopic (exact) mass is 373 g/mol. The summed E-state index contributed by atoms with van der Waals surface area (Å²) in [6.07, 6.45) is 1.64. The van der Waals surface area contributed by atoms with Crippen LogP contribution in [0.15, 0.2) is 49.4 Å². The maximum atomic E-state index is 12.2. The normalized spacial score (nSPS) is 15.8. The molecule has 0 radical (unpaired) electrons. The molecule has 3 aromatic heterocycles. The van der Waals surface area contributed by atoms with Crippen LogP contribution in [-0.2, 0) is 16.1 Å². The number of aromatic nitrogens is 3. The molecule has 0 bridgehead atoms. The Bertz CT molecular complexity index is 992. The Labute approximate surface area is 152 Å². The highest BCUT2D eigenvalue weighted by atomic mass is 32.2. The van der Waals surface area contributed by atoms with Gasteiger partial charge in [0.25, 0.3) is 5.56 Å². The standard InChI is InChI=1S/C17H15N3O5S/c1-10-5-15(21)20-12(9-26-17(20)18-10)7-16(22)24-8-11-6-14(25-19-11)13-3-2-4-23-13/h2-6,12H,7-9H2,1H3. The van der Waals surface area contributed by atoms with Crippen LogP contribution in [0.3, 0.4) is 0 Å². The number of rotatable bonds is 5. The molecule has 0 saturated carbocycles. The zero-order valence-electron chi connectivity index (χ0n) is 13.9. The molecule has 3 aromatic rings. The first-order valence-corrected chi connectivity index (χ1v) is 8.97. The van der Waals surface area contributed by atoms with Crippen molar-refractivity contribution in [2.45, 2.75) is 31.1 Å². The smallest absolute Gasteiger partial charge is 0.308 e. The summed E-state index contributed by atoms with van der Waals surface area (Å²) in [6, 6.07) is 6.37. The minimum Gasteiger partial charge on any atom is -0.461 e.